The van der Waals surface area contributed by atoms with Gasteiger partial charge in [0.1, 0.15) is 0 Å². The van der Waals surface area contributed by atoms with Gasteiger partial charge in [-0.25, -0.2) is 0 Å². The van der Waals surface area contributed by atoms with Crippen LogP contribution in [-0.4, -0.2) is 8.07 Å². The predicted octanol–water partition coefficient (Wildman–Crippen LogP) is 5.76. The molecule has 1 aromatic carbocycles. The molecule has 1 unspecified atom stereocenters. The van der Waals surface area contributed by atoms with E-state index in [0.29, 0.717) is 5.41 Å². The molecule has 0 N–H and O–H groups in total. The molecule has 0 aromatic heterocycles. The normalized spacial score (nSPS) is 20.2. The smallest absolute Gasteiger partial charge is 0.0796 e. The standard InChI is InChI=1S/C20H32Si/c1-16(2)19(17-11-10-14-20(3,4)15-17)21(5,6)18-12-8-7-9-13-18/h7-9,12-13,15-16,19H,10-11,14H2,1-6H3. The highest BCUT2D eigenvalue weighted by Crippen LogP contribution is 2.44. The summed E-state index contributed by atoms with van der Waals surface area (Å²) in [5.41, 5.74) is 2.91. The Balaban J connectivity index is 2.42. The summed E-state index contributed by atoms with van der Waals surface area (Å²) in [5, 5.41) is 1.60. The van der Waals surface area contributed by atoms with E-state index >= 15 is 0 Å². The first-order valence-corrected chi connectivity index (χ1v) is 11.6. The average molecular weight is 301 g/mol. The van der Waals surface area contributed by atoms with Gasteiger partial charge in [0.05, 0.1) is 8.07 Å². The molecule has 0 amide bonds. The molecule has 1 aromatic rings. The second kappa shape index (κ2) is 6.12. The van der Waals surface area contributed by atoms with Crippen molar-refractivity contribution >= 4 is 13.3 Å². The molecular weight excluding hydrogens is 268 g/mol. The lowest BCUT2D eigenvalue weighted by Gasteiger charge is -2.41. The Morgan fingerprint density at radius 1 is 1.05 bits per heavy atom. The van der Waals surface area contributed by atoms with E-state index in [-0.39, 0.29) is 0 Å². The second-order valence-electron chi connectivity index (χ2n) is 8.37. The molecule has 1 atom stereocenters. The Bertz CT molecular complexity index is 494. The maximum atomic E-state index is 2.62. The number of benzene rings is 1. The van der Waals surface area contributed by atoms with E-state index in [1.807, 2.05) is 0 Å². The SMILES string of the molecule is CC(C)C(C1=CC(C)(C)CCC1)[Si](C)(C)c1ccccc1. The van der Waals surface area contributed by atoms with Crippen LogP contribution in [0.4, 0.5) is 0 Å². The summed E-state index contributed by atoms with van der Waals surface area (Å²) in [6.07, 6.45) is 6.64. The fourth-order valence-electron chi connectivity index (χ4n) is 4.41. The van der Waals surface area contributed by atoms with Crippen molar-refractivity contribution in [3.05, 3.63) is 42.0 Å². The van der Waals surface area contributed by atoms with Gasteiger partial charge in [-0.2, -0.15) is 0 Å². The van der Waals surface area contributed by atoms with Crippen molar-refractivity contribution in [2.24, 2.45) is 11.3 Å². The molecule has 2 rings (SSSR count). The fraction of sp³-hybridized carbons (Fsp3) is 0.600. The average Bonchev–Trinajstić information content (AvgIpc) is 2.38. The molecule has 0 fully saturated rings. The Labute approximate surface area is 132 Å². The van der Waals surface area contributed by atoms with Crippen LogP contribution in [0.5, 0.6) is 0 Å². The maximum Gasteiger partial charge on any atom is 0.0879 e. The molecule has 116 valence electrons. The second-order valence-corrected chi connectivity index (χ2v) is 13.0. The monoisotopic (exact) mass is 300 g/mol. The van der Waals surface area contributed by atoms with Crippen LogP contribution in [0, 0.1) is 11.3 Å². The van der Waals surface area contributed by atoms with Gasteiger partial charge >= 0.3 is 0 Å². The molecule has 1 aliphatic rings. The summed E-state index contributed by atoms with van der Waals surface area (Å²) in [6, 6.07) is 11.3. The van der Waals surface area contributed by atoms with E-state index in [9.17, 15) is 0 Å². The molecule has 0 saturated heterocycles. The van der Waals surface area contributed by atoms with Crippen molar-refractivity contribution in [1.29, 1.82) is 0 Å². The van der Waals surface area contributed by atoms with Crippen LogP contribution >= 0.6 is 0 Å². The highest BCUT2D eigenvalue weighted by molar-refractivity contribution is 6.91. The number of allylic oxidation sites excluding steroid dienone is 2. The summed E-state index contributed by atoms with van der Waals surface area (Å²) in [4.78, 5) is 0. The van der Waals surface area contributed by atoms with Gasteiger partial charge < -0.3 is 0 Å². The van der Waals surface area contributed by atoms with Crippen LogP contribution in [0.1, 0.15) is 47.0 Å². The van der Waals surface area contributed by atoms with Crippen LogP contribution in [0.3, 0.4) is 0 Å². The minimum atomic E-state index is -1.49. The van der Waals surface area contributed by atoms with Crippen molar-refractivity contribution in [2.75, 3.05) is 0 Å². The molecule has 1 aliphatic carbocycles. The van der Waals surface area contributed by atoms with Gasteiger partial charge in [-0.1, -0.05) is 88.0 Å². The van der Waals surface area contributed by atoms with Gasteiger partial charge in [0.25, 0.3) is 0 Å². The molecule has 0 spiro atoms. The van der Waals surface area contributed by atoms with Gasteiger partial charge in [0, 0.05) is 0 Å². The van der Waals surface area contributed by atoms with Crippen LogP contribution in [0.15, 0.2) is 42.0 Å². The molecular formula is C20H32Si. The number of rotatable bonds is 4. The largest absolute Gasteiger partial charge is 0.0879 e. The topological polar surface area (TPSA) is 0 Å². The summed E-state index contributed by atoms with van der Waals surface area (Å²) >= 11 is 0. The van der Waals surface area contributed by atoms with E-state index in [4.69, 9.17) is 0 Å². The van der Waals surface area contributed by atoms with Crippen LogP contribution in [0.2, 0.25) is 18.6 Å². The molecule has 0 radical (unpaired) electrons. The van der Waals surface area contributed by atoms with Crippen molar-refractivity contribution < 1.29 is 0 Å². The lowest BCUT2D eigenvalue weighted by atomic mass is 9.78. The first-order chi connectivity index (χ1) is 9.74. The number of hydrogen-bond acceptors (Lipinski definition) is 0. The number of hydrogen-bond donors (Lipinski definition) is 0. The van der Waals surface area contributed by atoms with E-state index in [2.05, 4.69) is 77.2 Å². The summed E-state index contributed by atoms with van der Waals surface area (Å²) in [5.74, 6) is 0.729. The Morgan fingerprint density at radius 3 is 2.19 bits per heavy atom. The van der Waals surface area contributed by atoms with Gasteiger partial charge in [0.15, 0.2) is 0 Å². The first kappa shape index (κ1) is 16.5. The highest BCUT2D eigenvalue weighted by atomic mass is 28.3. The molecule has 0 aliphatic heterocycles. The molecule has 0 bridgehead atoms. The Kier molecular flexibility index (Phi) is 4.82. The zero-order chi connectivity index (χ0) is 15.7. The third-order valence-corrected chi connectivity index (χ3v) is 9.64. The van der Waals surface area contributed by atoms with Gasteiger partial charge in [0.2, 0.25) is 0 Å². The van der Waals surface area contributed by atoms with Crippen LogP contribution in [-0.2, 0) is 0 Å². The third-order valence-electron chi connectivity index (χ3n) is 5.22. The van der Waals surface area contributed by atoms with Gasteiger partial charge in [-0.15, -0.1) is 0 Å². The van der Waals surface area contributed by atoms with Gasteiger partial charge in [-0.05, 0) is 36.1 Å². The lowest BCUT2D eigenvalue weighted by Crippen LogP contribution is -2.48. The van der Waals surface area contributed by atoms with Gasteiger partial charge in [-0.3, -0.25) is 0 Å². The highest BCUT2D eigenvalue weighted by Gasteiger charge is 2.39. The van der Waals surface area contributed by atoms with E-state index in [1.54, 1.807) is 10.8 Å². The maximum absolute atomic E-state index is 2.62. The molecule has 0 nitrogen and oxygen atoms in total. The van der Waals surface area contributed by atoms with Crippen LogP contribution in [0.25, 0.3) is 0 Å². The van der Waals surface area contributed by atoms with E-state index in [1.165, 1.54) is 19.3 Å². The van der Waals surface area contributed by atoms with Crippen molar-refractivity contribution in [2.45, 2.75) is 65.6 Å². The predicted molar refractivity (Wildman–Crippen MR) is 97.9 cm³/mol. The third kappa shape index (κ3) is 3.69. The minimum Gasteiger partial charge on any atom is -0.0796 e. The Morgan fingerprint density at radius 2 is 1.67 bits per heavy atom. The van der Waals surface area contributed by atoms with Crippen molar-refractivity contribution in [3.8, 4) is 0 Å². The summed E-state index contributed by atoms with van der Waals surface area (Å²) in [7, 11) is -1.49. The summed E-state index contributed by atoms with van der Waals surface area (Å²) in [6.45, 7) is 14.8. The molecule has 21 heavy (non-hydrogen) atoms. The fourth-order valence-corrected chi connectivity index (χ4v) is 8.64. The van der Waals surface area contributed by atoms with Crippen LogP contribution < -0.4 is 5.19 Å². The molecule has 0 heterocycles. The quantitative estimate of drug-likeness (QED) is 0.489. The van der Waals surface area contributed by atoms with E-state index in [0.717, 1.165) is 11.5 Å². The first-order valence-electron chi connectivity index (χ1n) is 8.51. The Hall–Kier alpha value is -0.823. The van der Waals surface area contributed by atoms with Crippen molar-refractivity contribution in [3.63, 3.8) is 0 Å². The molecule has 0 saturated carbocycles. The summed E-state index contributed by atoms with van der Waals surface area (Å²) < 4.78 is 0. The zero-order valence-corrected chi connectivity index (χ0v) is 15.7. The van der Waals surface area contributed by atoms with E-state index < -0.39 is 8.07 Å². The minimum absolute atomic E-state index is 0.391. The van der Waals surface area contributed by atoms with Crippen molar-refractivity contribution in [1.82, 2.24) is 0 Å². The molecule has 1 heteroatoms. The zero-order valence-electron chi connectivity index (χ0n) is 14.7. The lowest BCUT2D eigenvalue weighted by molar-refractivity contribution is 0.387.